The number of rotatable bonds is 4. The third-order valence-electron chi connectivity index (χ3n) is 3.70. The number of anilines is 1. The van der Waals surface area contributed by atoms with Crippen LogP contribution in [0.2, 0.25) is 0 Å². The van der Waals surface area contributed by atoms with Crippen molar-refractivity contribution in [1.29, 1.82) is 5.26 Å². The molecule has 1 atom stereocenters. The van der Waals surface area contributed by atoms with Crippen molar-refractivity contribution in [3.63, 3.8) is 0 Å². The number of thioether (sulfide) groups is 1. The van der Waals surface area contributed by atoms with E-state index in [1.54, 1.807) is 43.3 Å². The van der Waals surface area contributed by atoms with Crippen molar-refractivity contribution in [3.05, 3.63) is 63.5 Å². The van der Waals surface area contributed by atoms with Crippen LogP contribution in [0.4, 0.5) is 5.69 Å². The molecule has 2 aromatic rings. The molecule has 132 valence electrons. The van der Waals surface area contributed by atoms with Crippen molar-refractivity contribution >= 4 is 45.2 Å². The number of nitriles is 1. The van der Waals surface area contributed by atoms with Crippen molar-refractivity contribution in [2.75, 3.05) is 4.90 Å². The lowest BCUT2D eigenvalue weighted by molar-refractivity contribution is -0.117. The van der Waals surface area contributed by atoms with Crippen LogP contribution in [0.15, 0.2) is 62.2 Å². The molecule has 26 heavy (non-hydrogen) atoms. The van der Waals surface area contributed by atoms with Crippen LogP contribution in [-0.4, -0.2) is 17.1 Å². The monoisotopic (exact) mass is 431 g/mol. The molecule has 1 fully saturated rings. The summed E-state index contributed by atoms with van der Waals surface area (Å²) in [6, 6.07) is 12.5. The summed E-state index contributed by atoms with van der Waals surface area (Å²) < 4.78 is 6.04. The first-order valence-corrected chi connectivity index (χ1v) is 9.39. The summed E-state index contributed by atoms with van der Waals surface area (Å²) in [6.07, 6.45) is 1.51. The Balaban J connectivity index is 1.92. The lowest BCUT2D eigenvalue weighted by Gasteiger charge is -2.18. The number of hydrogen-bond donors (Lipinski definition) is 1. The van der Waals surface area contributed by atoms with Crippen LogP contribution >= 0.6 is 27.7 Å². The van der Waals surface area contributed by atoms with E-state index in [4.69, 9.17) is 4.42 Å². The number of benzene rings is 1. The lowest BCUT2D eigenvalue weighted by Crippen LogP contribution is -2.30. The first-order chi connectivity index (χ1) is 12.5. The van der Waals surface area contributed by atoms with E-state index in [9.17, 15) is 14.9 Å². The molecule has 0 aliphatic carbocycles. The first-order valence-electron chi connectivity index (χ1n) is 7.72. The molecule has 1 aliphatic rings. The van der Waals surface area contributed by atoms with Gasteiger partial charge in [0, 0.05) is 10.2 Å². The second kappa shape index (κ2) is 7.81. The molecular formula is C18H14BrN3O3S. The molecule has 0 saturated carbocycles. The van der Waals surface area contributed by atoms with E-state index in [-0.39, 0.29) is 23.3 Å². The van der Waals surface area contributed by atoms with Gasteiger partial charge >= 0.3 is 0 Å². The zero-order valence-corrected chi connectivity index (χ0v) is 16.1. The number of nitrogens with one attached hydrogen (secondary N) is 1. The Labute approximate surface area is 163 Å². The number of carbonyl (C=O) groups excluding carboxylic acids is 2. The minimum atomic E-state index is -0.546. The first kappa shape index (κ1) is 18.3. The molecule has 0 unspecified atom stereocenters. The highest BCUT2D eigenvalue weighted by Crippen LogP contribution is 2.40. The molecule has 1 aromatic carbocycles. The van der Waals surface area contributed by atoms with Crippen molar-refractivity contribution in [2.45, 2.75) is 18.7 Å². The van der Waals surface area contributed by atoms with Gasteiger partial charge in [0.15, 0.2) is 0 Å². The van der Waals surface area contributed by atoms with Crippen LogP contribution in [0.1, 0.15) is 12.7 Å². The standard InChI is InChI=1S/C18H14BrN3O3S/c1-11-17(24)22(13-6-4-12(19)5-7-13)18(26-11)15(9-20)16(23)21-10-14-3-2-8-25-14/h2-8,11H,10H2,1H3,(H,21,23)/b18-15+/t11-/m0/s1. The highest BCUT2D eigenvalue weighted by molar-refractivity contribution is 9.10. The average Bonchev–Trinajstić information content (AvgIpc) is 3.24. The SMILES string of the molecule is C[C@@H]1S/C(=C(\C#N)C(=O)NCc2ccco2)N(c2ccc(Br)cc2)C1=O. The van der Waals surface area contributed by atoms with Crippen molar-refractivity contribution in [1.82, 2.24) is 5.32 Å². The molecule has 0 radical (unpaired) electrons. The summed E-state index contributed by atoms with van der Waals surface area (Å²) in [5.41, 5.74) is 0.513. The van der Waals surface area contributed by atoms with Gasteiger partial charge in [0.2, 0.25) is 5.91 Å². The highest BCUT2D eigenvalue weighted by Gasteiger charge is 2.38. The number of hydrogen-bond acceptors (Lipinski definition) is 5. The molecule has 6 nitrogen and oxygen atoms in total. The number of carbonyl (C=O) groups is 2. The van der Waals surface area contributed by atoms with E-state index in [0.717, 1.165) is 4.47 Å². The Morgan fingerprint density at radius 2 is 2.12 bits per heavy atom. The van der Waals surface area contributed by atoms with Crippen LogP contribution in [0.25, 0.3) is 0 Å². The summed E-state index contributed by atoms with van der Waals surface area (Å²) in [4.78, 5) is 26.5. The van der Waals surface area contributed by atoms with E-state index < -0.39 is 5.91 Å². The maximum Gasteiger partial charge on any atom is 0.265 e. The molecule has 2 heterocycles. The Bertz CT molecular complexity index is 901. The average molecular weight is 432 g/mol. The molecule has 0 bridgehead atoms. The number of amides is 2. The largest absolute Gasteiger partial charge is 0.467 e. The number of nitrogens with zero attached hydrogens (tertiary/aromatic N) is 2. The Hall–Kier alpha value is -2.50. The summed E-state index contributed by atoms with van der Waals surface area (Å²) in [5.74, 6) is -0.136. The Kier molecular flexibility index (Phi) is 5.49. The molecule has 1 saturated heterocycles. The maximum absolute atomic E-state index is 12.6. The highest BCUT2D eigenvalue weighted by atomic mass is 79.9. The predicted octanol–water partition coefficient (Wildman–Crippen LogP) is 3.56. The Morgan fingerprint density at radius 3 is 2.73 bits per heavy atom. The van der Waals surface area contributed by atoms with E-state index in [0.29, 0.717) is 16.5 Å². The van der Waals surface area contributed by atoms with Gasteiger partial charge in [-0.2, -0.15) is 5.26 Å². The molecule has 8 heteroatoms. The van der Waals surface area contributed by atoms with Crippen molar-refractivity contribution in [3.8, 4) is 6.07 Å². The van der Waals surface area contributed by atoms with Gasteiger partial charge in [-0.05, 0) is 43.3 Å². The predicted molar refractivity (Wildman–Crippen MR) is 102 cm³/mol. The van der Waals surface area contributed by atoms with E-state index in [2.05, 4.69) is 21.2 Å². The van der Waals surface area contributed by atoms with Gasteiger partial charge in [-0.3, -0.25) is 14.5 Å². The van der Waals surface area contributed by atoms with E-state index >= 15 is 0 Å². The minimum absolute atomic E-state index is 0.0952. The summed E-state index contributed by atoms with van der Waals surface area (Å²) >= 11 is 4.56. The summed E-state index contributed by atoms with van der Waals surface area (Å²) in [5, 5.41) is 12.2. The fourth-order valence-corrected chi connectivity index (χ4v) is 3.78. The zero-order valence-electron chi connectivity index (χ0n) is 13.7. The summed E-state index contributed by atoms with van der Waals surface area (Å²) in [7, 11) is 0. The van der Waals surface area contributed by atoms with Crippen LogP contribution in [0, 0.1) is 11.3 Å². The number of halogens is 1. The second-order valence-corrected chi connectivity index (χ2v) is 7.71. The van der Waals surface area contributed by atoms with Crippen LogP contribution in [0.5, 0.6) is 0 Å². The normalized spacial score (nSPS) is 18.6. The van der Waals surface area contributed by atoms with Crippen molar-refractivity contribution in [2.24, 2.45) is 0 Å². The van der Waals surface area contributed by atoms with Crippen LogP contribution < -0.4 is 10.2 Å². The van der Waals surface area contributed by atoms with Gasteiger partial charge in [0.25, 0.3) is 5.91 Å². The molecular weight excluding hydrogens is 418 g/mol. The van der Waals surface area contributed by atoms with E-state index in [1.807, 2.05) is 6.07 Å². The van der Waals surface area contributed by atoms with E-state index in [1.165, 1.54) is 22.9 Å². The van der Waals surface area contributed by atoms with Gasteiger partial charge < -0.3 is 9.73 Å². The van der Waals surface area contributed by atoms with Crippen molar-refractivity contribution < 1.29 is 14.0 Å². The fraction of sp³-hybridized carbons (Fsp3) is 0.167. The smallest absolute Gasteiger partial charge is 0.265 e. The topological polar surface area (TPSA) is 86.3 Å². The van der Waals surface area contributed by atoms with Gasteiger partial charge in [-0.25, -0.2) is 0 Å². The summed E-state index contributed by atoms with van der Waals surface area (Å²) in [6.45, 7) is 1.92. The quantitative estimate of drug-likeness (QED) is 0.590. The molecule has 1 aromatic heterocycles. The minimum Gasteiger partial charge on any atom is -0.467 e. The number of furan rings is 1. The van der Waals surface area contributed by atoms with Crippen LogP contribution in [0.3, 0.4) is 0 Å². The maximum atomic E-state index is 12.6. The van der Waals surface area contributed by atoms with Gasteiger partial charge in [-0.1, -0.05) is 27.7 Å². The third kappa shape index (κ3) is 3.69. The van der Waals surface area contributed by atoms with Crippen LogP contribution in [-0.2, 0) is 16.1 Å². The lowest BCUT2D eigenvalue weighted by atomic mass is 10.2. The molecule has 1 N–H and O–H groups in total. The molecule has 1 aliphatic heterocycles. The fourth-order valence-electron chi connectivity index (χ4n) is 2.42. The molecule has 2 amide bonds. The second-order valence-electron chi connectivity index (χ2n) is 5.46. The van der Waals surface area contributed by atoms with Gasteiger partial charge in [0.1, 0.15) is 22.4 Å². The molecule has 0 spiro atoms. The van der Waals surface area contributed by atoms with Gasteiger partial charge in [-0.15, -0.1) is 0 Å². The third-order valence-corrected chi connectivity index (χ3v) is 5.39. The zero-order chi connectivity index (χ0) is 18.7. The Morgan fingerprint density at radius 1 is 1.38 bits per heavy atom. The molecule has 3 rings (SSSR count). The van der Waals surface area contributed by atoms with Gasteiger partial charge in [0.05, 0.1) is 18.1 Å².